The highest BCUT2D eigenvalue weighted by Gasteiger charge is 2.36. The van der Waals surface area contributed by atoms with Crippen LogP contribution in [0, 0.1) is 0 Å². The Morgan fingerprint density at radius 2 is 1.56 bits per heavy atom. The zero-order chi connectivity index (χ0) is 24.4. The highest BCUT2D eigenvalue weighted by molar-refractivity contribution is 6.35. The summed E-state index contributed by atoms with van der Waals surface area (Å²) in [5.74, 6) is -2.33. The first-order chi connectivity index (χ1) is 16.2. The predicted molar refractivity (Wildman–Crippen MR) is 127 cm³/mol. The van der Waals surface area contributed by atoms with Crippen LogP contribution >= 0.6 is 23.2 Å². The van der Waals surface area contributed by atoms with E-state index in [0.717, 1.165) is 10.5 Å². The van der Waals surface area contributed by atoms with Crippen molar-refractivity contribution in [2.45, 2.75) is 19.6 Å². The number of rotatable bonds is 6. The van der Waals surface area contributed by atoms with Crippen molar-refractivity contribution < 1.29 is 23.9 Å². The maximum absolute atomic E-state index is 12.8. The van der Waals surface area contributed by atoms with Gasteiger partial charge in [0.1, 0.15) is 0 Å². The highest BCUT2D eigenvalue weighted by Crippen LogP contribution is 2.26. The Hall–Kier alpha value is -3.68. The van der Waals surface area contributed by atoms with Gasteiger partial charge >= 0.3 is 5.97 Å². The molecule has 34 heavy (non-hydrogen) atoms. The van der Waals surface area contributed by atoms with E-state index in [4.69, 9.17) is 27.9 Å². The lowest BCUT2D eigenvalue weighted by Crippen LogP contribution is -2.30. The first-order valence-corrected chi connectivity index (χ1v) is 11.0. The molecule has 0 saturated heterocycles. The van der Waals surface area contributed by atoms with Gasteiger partial charge < -0.3 is 10.1 Å². The molecule has 0 bridgehead atoms. The van der Waals surface area contributed by atoms with Gasteiger partial charge in [-0.3, -0.25) is 19.3 Å². The average molecular weight is 497 g/mol. The number of esters is 1. The normalized spacial score (nSPS) is 13.4. The minimum Gasteiger partial charge on any atom is -0.449 e. The van der Waals surface area contributed by atoms with Crippen LogP contribution in [-0.4, -0.2) is 34.7 Å². The van der Waals surface area contributed by atoms with Crippen molar-refractivity contribution in [3.8, 4) is 0 Å². The first kappa shape index (κ1) is 23.5. The molecule has 1 heterocycles. The van der Waals surface area contributed by atoms with E-state index in [-0.39, 0.29) is 23.2 Å². The number of carbonyl (C=O) groups excluding carboxylic acids is 4. The second-order valence-corrected chi connectivity index (χ2v) is 8.51. The van der Waals surface area contributed by atoms with E-state index in [9.17, 15) is 19.2 Å². The quantitative estimate of drug-likeness (QED) is 0.384. The second kappa shape index (κ2) is 9.67. The molecule has 1 aliphatic rings. The van der Waals surface area contributed by atoms with Crippen molar-refractivity contribution in [1.82, 2.24) is 4.90 Å². The third-order valence-electron chi connectivity index (χ3n) is 5.17. The molecule has 0 fully saturated rings. The molecule has 1 aliphatic heterocycles. The number of anilines is 1. The Morgan fingerprint density at radius 3 is 2.24 bits per heavy atom. The van der Waals surface area contributed by atoms with Crippen LogP contribution in [0.4, 0.5) is 5.69 Å². The van der Waals surface area contributed by atoms with E-state index in [1.165, 1.54) is 43.3 Å². The molecule has 1 N–H and O–H groups in total. The number of benzene rings is 3. The van der Waals surface area contributed by atoms with Gasteiger partial charge in [0.05, 0.1) is 23.2 Å². The van der Waals surface area contributed by atoms with Gasteiger partial charge in [0, 0.05) is 15.7 Å². The minimum atomic E-state index is -1.15. The number of nitrogens with zero attached hydrogens (tertiary/aromatic N) is 1. The van der Waals surface area contributed by atoms with Crippen LogP contribution in [-0.2, 0) is 16.1 Å². The van der Waals surface area contributed by atoms with Gasteiger partial charge in [0.2, 0.25) is 0 Å². The van der Waals surface area contributed by atoms with E-state index in [1.807, 2.05) is 30.3 Å². The molecule has 1 unspecified atom stereocenters. The van der Waals surface area contributed by atoms with Crippen LogP contribution < -0.4 is 5.32 Å². The molecular formula is C25H18Cl2N2O5. The summed E-state index contributed by atoms with van der Waals surface area (Å²) in [6.07, 6.45) is -1.15. The molecule has 0 saturated carbocycles. The lowest BCUT2D eigenvalue weighted by Gasteiger charge is -2.14. The highest BCUT2D eigenvalue weighted by atomic mass is 35.5. The number of ether oxygens (including phenoxy) is 1. The van der Waals surface area contributed by atoms with Crippen molar-refractivity contribution in [3.63, 3.8) is 0 Å². The molecule has 3 aromatic rings. The van der Waals surface area contributed by atoms with Crippen molar-refractivity contribution >= 4 is 52.6 Å². The summed E-state index contributed by atoms with van der Waals surface area (Å²) in [7, 11) is 0. The predicted octanol–water partition coefficient (Wildman–Crippen LogP) is 4.97. The zero-order valence-corrected chi connectivity index (χ0v) is 19.4. The smallest absolute Gasteiger partial charge is 0.338 e. The fraction of sp³-hybridized carbons (Fsp3) is 0.120. The molecule has 3 aromatic carbocycles. The third kappa shape index (κ3) is 4.95. The largest absolute Gasteiger partial charge is 0.449 e. The summed E-state index contributed by atoms with van der Waals surface area (Å²) in [4.78, 5) is 51.7. The van der Waals surface area contributed by atoms with Crippen molar-refractivity contribution in [3.05, 3.63) is 99.0 Å². The van der Waals surface area contributed by atoms with Crippen molar-refractivity contribution in [1.29, 1.82) is 0 Å². The number of fused-ring (bicyclic) bond motifs is 1. The number of hydrogen-bond donors (Lipinski definition) is 1. The van der Waals surface area contributed by atoms with Crippen molar-refractivity contribution in [2.24, 2.45) is 0 Å². The Balaban J connectivity index is 1.44. The Bertz CT molecular complexity index is 1290. The molecule has 0 aromatic heterocycles. The van der Waals surface area contributed by atoms with Gasteiger partial charge in [0.25, 0.3) is 17.7 Å². The number of nitrogens with one attached hydrogen (secondary N) is 1. The average Bonchev–Trinajstić information content (AvgIpc) is 3.03. The van der Waals surface area contributed by atoms with E-state index in [1.54, 1.807) is 0 Å². The number of halogens is 2. The number of carbonyl (C=O) groups is 4. The maximum Gasteiger partial charge on any atom is 0.338 e. The standard InChI is InChI=1S/C25H18Cl2N2O5/c1-14(22(30)28-19-11-17(26)10-18(27)12-19)34-25(33)16-7-8-20-21(9-16)24(32)29(23(20)31)13-15-5-3-2-4-6-15/h2-12,14H,13H2,1H3,(H,28,30). The van der Waals surface area contributed by atoms with Crippen molar-refractivity contribution in [2.75, 3.05) is 5.32 Å². The lowest BCUT2D eigenvalue weighted by atomic mass is 10.1. The summed E-state index contributed by atoms with van der Waals surface area (Å²) in [6.45, 7) is 1.53. The Labute approximate surface area is 205 Å². The summed E-state index contributed by atoms with van der Waals surface area (Å²) < 4.78 is 5.25. The Morgan fingerprint density at radius 1 is 0.912 bits per heavy atom. The van der Waals surface area contributed by atoms with E-state index < -0.39 is 29.8 Å². The number of hydrogen-bond acceptors (Lipinski definition) is 5. The maximum atomic E-state index is 12.8. The molecule has 172 valence electrons. The van der Waals surface area contributed by atoms with Gasteiger partial charge in [0.15, 0.2) is 6.10 Å². The first-order valence-electron chi connectivity index (χ1n) is 10.2. The van der Waals surface area contributed by atoms with E-state index in [2.05, 4.69) is 5.32 Å². The Kier molecular flexibility index (Phi) is 6.68. The summed E-state index contributed by atoms with van der Waals surface area (Å²) in [5, 5.41) is 3.25. The topological polar surface area (TPSA) is 92.8 Å². The zero-order valence-electron chi connectivity index (χ0n) is 17.9. The summed E-state index contributed by atoms with van der Waals surface area (Å²) in [6, 6.07) is 17.7. The molecule has 7 nitrogen and oxygen atoms in total. The lowest BCUT2D eigenvalue weighted by molar-refractivity contribution is -0.123. The van der Waals surface area contributed by atoms with Crippen LogP contribution in [0.2, 0.25) is 10.0 Å². The van der Waals surface area contributed by atoms with Crippen LogP contribution in [0.15, 0.2) is 66.7 Å². The SMILES string of the molecule is CC(OC(=O)c1ccc2c(c1)C(=O)N(Cc1ccccc1)C2=O)C(=O)Nc1cc(Cl)cc(Cl)c1. The van der Waals surface area contributed by atoms with Crippen LogP contribution in [0.5, 0.6) is 0 Å². The summed E-state index contributed by atoms with van der Waals surface area (Å²) >= 11 is 11.9. The van der Waals surface area contributed by atoms with Gasteiger partial charge in [-0.15, -0.1) is 0 Å². The van der Waals surface area contributed by atoms with Gasteiger partial charge in [-0.1, -0.05) is 53.5 Å². The monoisotopic (exact) mass is 496 g/mol. The van der Waals surface area contributed by atoms with Crippen LogP contribution in [0.1, 0.15) is 43.6 Å². The molecule has 9 heteroatoms. The minimum absolute atomic E-state index is 0.0481. The fourth-order valence-electron chi connectivity index (χ4n) is 3.48. The van der Waals surface area contributed by atoms with E-state index in [0.29, 0.717) is 15.7 Å². The molecule has 4 rings (SSSR count). The second-order valence-electron chi connectivity index (χ2n) is 7.64. The number of amides is 3. The number of imide groups is 1. The molecule has 1 atom stereocenters. The fourth-order valence-corrected chi connectivity index (χ4v) is 4.01. The summed E-state index contributed by atoms with van der Waals surface area (Å²) in [5.41, 5.74) is 1.53. The molecule has 0 radical (unpaired) electrons. The van der Waals surface area contributed by atoms with Gasteiger partial charge in [-0.2, -0.15) is 0 Å². The van der Waals surface area contributed by atoms with Gasteiger partial charge in [-0.25, -0.2) is 4.79 Å². The third-order valence-corrected chi connectivity index (χ3v) is 5.61. The molecule has 0 aliphatic carbocycles. The van der Waals surface area contributed by atoms with Crippen LogP contribution in [0.25, 0.3) is 0 Å². The van der Waals surface area contributed by atoms with E-state index >= 15 is 0 Å². The molecular weight excluding hydrogens is 479 g/mol. The van der Waals surface area contributed by atoms with Crippen LogP contribution in [0.3, 0.4) is 0 Å². The molecule has 0 spiro atoms. The molecule has 3 amide bonds. The van der Waals surface area contributed by atoms with Gasteiger partial charge in [-0.05, 0) is 48.9 Å².